The third kappa shape index (κ3) is 1.30. The van der Waals surface area contributed by atoms with Gasteiger partial charge in [0.1, 0.15) is 12.2 Å². The first-order valence-electron chi connectivity index (χ1n) is 5.40. The second-order valence-corrected chi connectivity index (χ2v) is 4.86. The zero-order valence-electron chi connectivity index (χ0n) is 9.30. The minimum absolute atomic E-state index is 0.0307. The van der Waals surface area contributed by atoms with Crippen LogP contribution in [-0.4, -0.2) is 30.1 Å². The molecule has 0 N–H and O–H groups in total. The van der Waals surface area contributed by atoms with E-state index in [0.717, 1.165) is 5.57 Å². The molecular formula is C12H14O4. The molecule has 86 valence electrons. The highest BCUT2D eigenvalue weighted by Gasteiger charge is 2.57. The molecule has 0 amide bonds. The van der Waals surface area contributed by atoms with E-state index >= 15 is 0 Å². The molecule has 0 spiro atoms. The Morgan fingerprint density at radius 2 is 2.06 bits per heavy atom. The summed E-state index contributed by atoms with van der Waals surface area (Å²) >= 11 is 0. The summed E-state index contributed by atoms with van der Waals surface area (Å²) in [5.74, 6) is -0.786. The molecule has 0 radical (unpaired) electrons. The molecule has 4 nitrogen and oxygen atoms in total. The molecule has 3 rings (SSSR count). The van der Waals surface area contributed by atoms with Gasteiger partial charge in [-0.3, -0.25) is 4.79 Å². The molecule has 0 bridgehead atoms. The van der Waals surface area contributed by atoms with Crippen molar-refractivity contribution in [3.8, 4) is 0 Å². The molecule has 2 heterocycles. The molecule has 2 saturated heterocycles. The van der Waals surface area contributed by atoms with E-state index in [1.54, 1.807) is 6.08 Å². The lowest BCUT2D eigenvalue weighted by molar-refractivity contribution is -0.208. The molecule has 3 aliphatic rings. The van der Waals surface area contributed by atoms with Crippen LogP contribution < -0.4 is 0 Å². The summed E-state index contributed by atoms with van der Waals surface area (Å²) in [6.07, 6.45) is 2.09. The summed E-state index contributed by atoms with van der Waals surface area (Å²) in [4.78, 5) is 11.6. The maximum absolute atomic E-state index is 11.6. The van der Waals surface area contributed by atoms with Crippen LogP contribution in [0.3, 0.4) is 0 Å². The van der Waals surface area contributed by atoms with Crippen molar-refractivity contribution in [2.24, 2.45) is 5.92 Å². The Balaban J connectivity index is 1.93. The summed E-state index contributed by atoms with van der Waals surface area (Å²) < 4.78 is 17.0. The van der Waals surface area contributed by atoms with Gasteiger partial charge in [-0.05, 0) is 25.5 Å². The second-order valence-electron chi connectivity index (χ2n) is 4.86. The largest absolute Gasteiger partial charge is 0.341 e. The fraction of sp³-hybridized carbons (Fsp3) is 0.583. The highest BCUT2D eigenvalue weighted by atomic mass is 16.8. The molecule has 4 heteroatoms. The Bertz CT molecular complexity index is 396. The number of ether oxygens (including phenoxy) is 3. The highest BCUT2D eigenvalue weighted by molar-refractivity contribution is 5.96. The quantitative estimate of drug-likeness (QED) is 0.617. The normalized spacial score (nSPS) is 44.6. The zero-order chi connectivity index (χ0) is 11.5. The molecule has 0 saturated carbocycles. The van der Waals surface area contributed by atoms with Crippen molar-refractivity contribution in [3.63, 3.8) is 0 Å². The van der Waals surface area contributed by atoms with E-state index in [9.17, 15) is 4.79 Å². The van der Waals surface area contributed by atoms with Crippen LogP contribution in [0.2, 0.25) is 0 Å². The predicted octanol–water partition coefficient (Wildman–Crippen LogP) is 1.17. The molecule has 2 aliphatic heterocycles. The fourth-order valence-corrected chi connectivity index (χ4v) is 2.55. The van der Waals surface area contributed by atoms with Crippen molar-refractivity contribution in [3.05, 3.63) is 24.3 Å². The van der Waals surface area contributed by atoms with Crippen molar-refractivity contribution in [2.75, 3.05) is 0 Å². The maximum Gasteiger partial charge on any atom is 0.188 e. The Labute approximate surface area is 93.9 Å². The van der Waals surface area contributed by atoms with Gasteiger partial charge in [0.2, 0.25) is 0 Å². The first-order chi connectivity index (χ1) is 7.48. The first kappa shape index (κ1) is 10.2. The molecule has 4 atom stereocenters. The van der Waals surface area contributed by atoms with Crippen molar-refractivity contribution >= 4 is 5.78 Å². The highest BCUT2D eigenvalue weighted by Crippen LogP contribution is 2.45. The monoisotopic (exact) mass is 222 g/mol. The third-order valence-corrected chi connectivity index (χ3v) is 3.22. The minimum Gasteiger partial charge on any atom is -0.341 e. The summed E-state index contributed by atoms with van der Waals surface area (Å²) in [6.45, 7) is 7.63. The van der Waals surface area contributed by atoms with Crippen molar-refractivity contribution in [1.82, 2.24) is 0 Å². The van der Waals surface area contributed by atoms with Crippen molar-refractivity contribution in [2.45, 2.75) is 38.1 Å². The van der Waals surface area contributed by atoms with E-state index in [1.165, 1.54) is 6.08 Å². The summed E-state index contributed by atoms with van der Waals surface area (Å²) in [5.41, 5.74) is 0.874. The molecule has 1 aliphatic carbocycles. The lowest BCUT2D eigenvalue weighted by Crippen LogP contribution is -2.36. The Morgan fingerprint density at radius 1 is 1.31 bits per heavy atom. The number of fused-ring (bicyclic) bond motifs is 3. The molecule has 0 aromatic rings. The second kappa shape index (κ2) is 3.03. The third-order valence-electron chi connectivity index (χ3n) is 3.22. The zero-order valence-corrected chi connectivity index (χ0v) is 9.30. The van der Waals surface area contributed by atoms with Crippen LogP contribution in [0.1, 0.15) is 13.8 Å². The van der Waals surface area contributed by atoms with E-state index in [1.807, 2.05) is 13.8 Å². The number of rotatable bonds is 0. The molecule has 0 aromatic heterocycles. The van der Waals surface area contributed by atoms with Crippen molar-refractivity contribution in [1.29, 1.82) is 0 Å². The number of ketones is 1. The Hall–Kier alpha value is -0.970. The van der Waals surface area contributed by atoms with E-state index < -0.39 is 18.2 Å². The van der Waals surface area contributed by atoms with Gasteiger partial charge < -0.3 is 14.2 Å². The molecule has 0 aromatic carbocycles. The van der Waals surface area contributed by atoms with E-state index in [0.29, 0.717) is 0 Å². The SMILES string of the molecule is C=C1C=CC(=O)[C@H]2O[C@@H]3OC(C)(C)O[C@@H]3[C@H]12. The van der Waals surface area contributed by atoms with E-state index in [2.05, 4.69) is 6.58 Å². The average molecular weight is 222 g/mol. The Morgan fingerprint density at radius 3 is 2.81 bits per heavy atom. The van der Waals surface area contributed by atoms with Crippen LogP contribution in [0.4, 0.5) is 0 Å². The average Bonchev–Trinajstić information content (AvgIpc) is 2.64. The standard InChI is InChI=1S/C12H14O4/c1-6-4-5-7(13)9-8(6)10-11(14-9)16-12(2,3)15-10/h4-5,8-11H,1H2,2-3H3/t8-,9-,10-,11-/m1/s1. The summed E-state index contributed by atoms with van der Waals surface area (Å²) in [7, 11) is 0. The van der Waals surface area contributed by atoms with Crippen LogP contribution in [0, 0.1) is 5.92 Å². The smallest absolute Gasteiger partial charge is 0.188 e. The van der Waals surface area contributed by atoms with Gasteiger partial charge in [-0.25, -0.2) is 0 Å². The van der Waals surface area contributed by atoms with Crippen LogP contribution in [0.25, 0.3) is 0 Å². The molecule has 16 heavy (non-hydrogen) atoms. The number of carbonyl (C=O) groups excluding carboxylic acids is 1. The first-order valence-corrected chi connectivity index (χ1v) is 5.40. The summed E-state index contributed by atoms with van der Waals surface area (Å²) in [5, 5.41) is 0. The number of hydrogen-bond donors (Lipinski definition) is 0. The number of carbonyl (C=O) groups is 1. The van der Waals surface area contributed by atoms with Gasteiger partial charge in [-0.1, -0.05) is 12.7 Å². The van der Waals surface area contributed by atoms with Gasteiger partial charge in [0.25, 0.3) is 0 Å². The van der Waals surface area contributed by atoms with E-state index in [4.69, 9.17) is 14.2 Å². The summed E-state index contributed by atoms with van der Waals surface area (Å²) in [6, 6.07) is 0. The van der Waals surface area contributed by atoms with Crippen LogP contribution >= 0.6 is 0 Å². The van der Waals surface area contributed by atoms with Crippen LogP contribution in [0.15, 0.2) is 24.3 Å². The van der Waals surface area contributed by atoms with Crippen LogP contribution in [0.5, 0.6) is 0 Å². The molecular weight excluding hydrogens is 208 g/mol. The predicted molar refractivity (Wildman–Crippen MR) is 55.5 cm³/mol. The van der Waals surface area contributed by atoms with E-state index in [-0.39, 0.29) is 17.8 Å². The van der Waals surface area contributed by atoms with Gasteiger partial charge in [-0.2, -0.15) is 0 Å². The number of allylic oxidation sites excluding steroid dienone is 1. The molecule has 2 fully saturated rings. The van der Waals surface area contributed by atoms with Crippen LogP contribution in [-0.2, 0) is 19.0 Å². The van der Waals surface area contributed by atoms with Gasteiger partial charge >= 0.3 is 0 Å². The molecule has 0 unspecified atom stereocenters. The van der Waals surface area contributed by atoms with Crippen molar-refractivity contribution < 1.29 is 19.0 Å². The fourth-order valence-electron chi connectivity index (χ4n) is 2.55. The topological polar surface area (TPSA) is 44.8 Å². The maximum atomic E-state index is 11.6. The van der Waals surface area contributed by atoms with Gasteiger partial charge in [0.15, 0.2) is 17.9 Å². The number of hydrogen-bond acceptors (Lipinski definition) is 4. The lowest BCUT2D eigenvalue weighted by Gasteiger charge is -2.26. The Kier molecular flexibility index (Phi) is 1.93. The van der Waals surface area contributed by atoms with Gasteiger partial charge in [0, 0.05) is 5.92 Å². The van der Waals surface area contributed by atoms with Gasteiger partial charge in [0.05, 0.1) is 0 Å². The minimum atomic E-state index is -0.648. The lowest BCUT2D eigenvalue weighted by atomic mass is 9.84. The van der Waals surface area contributed by atoms with Gasteiger partial charge in [-0.15, -0.1) is 0 Å².